The number of nitrogens with zero attached hydrogens (tertiary/aromatic N) is 1. The summed E-state index contributed by atoms with van der Waals surface area (Å²) in [4.78, 5) is 24.9. The van der Waals surface area contributed by atoms with Crippen LogP contribution in [0.3, 0.4) is 0 Å². The number of fused-ring (bicyclic) bond motifs is 1. The first-order chi connectivity index (χ1) is 13.6. The third-order valence-electron chi connectivity index (χ3n) is 5.59. The summed E-state index contributed by atoms with van der Waals surface area (Å²) in [5, 5.41) is 3.25. The predicted octanol–water partition coefficient (Wildman–Crippen LogP) is 3.58. The van der Waals surface area contributed by atoms with Crippen LogP contribution in [0.25, 0.3) is 11.1 Å². The molecule has 0 atom stereocenters. The molecule has 1 saturated carbocycles. The minimum atomic E-state index is -0.433. The normalized spacial score (nSPS) is 15.6. The average Bonchev–Trinajstić information content (AvgIpc) is 3.31. The zero-order chi connectivity index (χ0) is 19.6. The number of para-hydroxylation sites is 2. The maximum absolute atomic E-state index is 12.8. The van der Waals surface area contributed by atoms with Gasteiger partial charge in [-0.1, -0.05) is 37.1 Å². The minimum Gasteiger partial charge on any atom is -0.497 e. The highest BCUT2D eigenvalue weighted by Gasteiger charge is 2.37. The molecule has 0 saturated heterocycles. The highest BCUT2D eigenvalue weighted by Crippen LogP contribution is 2.39. The number of aryl methyl sites for hydroxylation is 1. The van der Waals surface area contributed by atoms with E-state index in [9.17, 15) is 9.59 Å². The molecule has 0 unspecified atom stereocenters. The molecule has 1 aliphatic carbocycles. The maximum Gasteiger partial charge on any atom is 0.419 e. The Balaban J connectivity index is 1.51. The molecule has 1 aliphatic rings. The van der Waals surface area contributed by atoms with Crippen LogP contribution >= 0.6 is 0 Å². The molecule has 4 rings (SSSR count). The number of carbonyl (C=O) groups is 1. The lowest BCUT2D eigenvalue weighted by molar-refractivity contribution is -0.123. The molecule has 1 aromatic heterocycles. The molecule has 6 nitrogen and oxygen atoms in total. The van der Waals surface area contributed by atoms with Crippen molar-refractivity contribution in [2.24, 2.45) is 0 Å². The van der Waals surface area contributed by atoms with E-state index in [0.29, 0.717) is 11.1 Å². The van der Waals surface area contributed by atoms with Crippen molar-refractivity contribution in [3.8, 4) is 5.75 Å². The number of amides is 1. The van der Waals surface area contributed by atoms with Gasteiger partial charge >= 0.3 is 5.76 Å². The van der Waals surface area contributed by atoms with Crippen molar-refractivity contribution in [2.45, 2.75) is 44.2 Å². The maximum atomic E-state index is 12.8. The fourth-order valence-corrected chi connectivity index (χ4v) is 4.15. The molecule has 0 bridgehead atoms. The molecular weight excluding hydrogens is 356 g/mol. The molecule has 1 N–H and O–H groups in total. The van der Waals surface area contributed by atoms with Crippen molar-refractivity contribution in [1.82, 2.24) is 9.88 Å². The van der Waals surface area contributed by atoms with E-state index in [1.807, 2.05) is 42.5 Å². The molecule has 1 fully saturated rings. The van der Waals surface area contributed by atoms with Gasteiger partial charge in [0.15, 0.2) is 5.58 Å². The fraction of sp³-hybridized carbons (Fsp3) is 0.364. The average molecular weight is 380 g/mol. The van der Waals surface area contributed by atoms with Gasteiger partial charge in [0.1, 0.15) is 5.75 Å². The summed E-state index contributed by atoms with van der Waals surface area (Å²) in [6, 6.07) is 15.2. The van der Waals surface area contributed by atoms with Gasteiger partial charge in [-0.3, -0.25) is 9.36 Å². The van der Waals surface area contributed by atoms with Gasteiger partial charge < -0.3 is 14.5 Å². The Labute approximate surface area is 163 Å². The van der Waals surface area contributed by atoms with E-state index in [4.69, 9.17) is 9.15 Å². The van der Waals surface area contributed by atoms with Crippen LogP contribution in [0.4, 0.5) is 0 Å². The zero-order valence-electron chi connectivity index (χ0n) is 15.9. The summed E-state index contributed by atoms with van der Waals surface area (Å²) < 4.78 is 12.1. The standard InChI is InChI=1S/C22H24N2O4/c1-27-17-8-6-7-16(15-17)22(12-4-5-13-22)23-20(25)11-14-24-18-9-2-3-10-19(18)28-21(24)26/h2-3,6-10,15H,4-5,11-14H2,1H3,(H,23,25). The van der Waals surface area contributed by atoms with Gasteiger partial charge in [-0.05, 0) is 42.7 Å². The van der Waals surface area contributed by atoms with E-state index in [0.717, 1.165) is 37.0 Å². The minimum absolute atomic E-state index is 0.0677. The van der Waals surface area contributed by atoms with E-state index >= 15 is 0 Å². The summed E-state index contributed by atoms with van der Waals surface area (Å²) >= 11 is 0. The predicted molar refractivity (Wildman–Crippen MR) is 106 cm³/mol. The number of benzene rings is 2. The number of rotatable bonds is 6. The molecule has 1 amide bonds. The first-order valence-corrected chi connectivity index (χ1v) is 9.65. The smallest absolute Gasteiger partial charge is 0.419 e. The molecule has 28 heavy (non-hydrogen) atoms. The quantitative estimate of drug-likeness (QED) is 0.709. The van der Waals surface area contributed by atoms with Crippen molar-refractivity contribution in [3.05, 3.63) is 64.6 Å². The summed E-state index contributed by atoms with van der Waals surface area (Å²) in [6.45, 7) is 0.288. The Kier molecular flexibility index (Phi) is 4.94. The van der Waals surface area contributed by atoms with Crippen LogP contribution in [0.1, 0.15) is 37.7 Å². The largest absolute Gasteiger partial charge is 0.497 e. The van der Waals surface area contributed by atoms with Crippen molar-refractivity contribution >= 4 is 17.0 Å². The number of ether oxygens (including phenoxy) is 1. The van der Waals surface area contributed by atoms with E-state index in [2.05, 4.69) is 5.32 Å². The second-order valence-corrected chi connectivity index (χ2v) is 7.31. The second kappa shape index (κ2) is 7.54. The Hall–Kier alpha value is -3.02. The number of hydrogen-bond donors (Lipinski definition) is 1. The third-order valence-corrected chi connectivity index (χ3v) is 5.59. The van der Waals surface area contributed by atoms with Gasteiger partial charge in [0.25, 0.3) is 0 Å². The highest BCUT2D eigenvalue weighted by atomic mass is 16.5. The highest BCUT2D eigenvalue weighted by molar-refractivity contribution is 5.78. The molecule has 6 heteroatoms. The third kappa shape index (κ3) is 3.42. The zero-order valence-corrected chi connectivity index (χ0v) is 15.9. The summed E-state index contributed by atoms with van der Waals surface area (Å²) in [6.07, 6.45) is 4.17. The summed E-state index contributed by atoms with van der Waals surface area (Å²) in [5.74, 6) is 0.286. The van der Waals surface area contributed by atoms with Gasteiger partial charge in [0, 0.05) is 13.0 Å². The van der Waals surface area contributed by atoms with E-state index in [1.165, 1.54) is 4.57 Å². The number of oxazole rings is 1. The molecular formula is C22H24N2O4. The molecule has 146 valence electrons. The summed E-state index contributed by atoms with van der Waals surface area (Å²) in [7, 11) is 1.64. The van der Waals surface area contributed by atoms with Crippen LogP contribution in [0.15, 0.2) is 57.7 Å². The lowest BCUT2D eigenvalue weighted by Crippen LogP contribution is -2.44. The van der Waals surface area contributed by atoms with Crippen LogP contribution in [0.5, 0.6) is 5.75 Å². The lowest BCUT2D eigenvalue weighted by Gasteiger charge is -2.31. The van der Waals surface area contributed by atoms with Crippen LogP contribution < -0.4 is 15.8 Å². The lowest BCUT2D eigenvalue weighted by atomic mass is 9.87. The Bertz CT molecular complexity index is 1040. The Morgan fingerprint density at radius 3 is 2.75 bits per heavy atom. The SMILES string of the molecule is COc1cccc(C2(NC(=O)CCn3c(=O)oc4ccccc43)CCCC2)c1. The number of hydrogen-bond acceptors (Lipinski definition) is 4. The van der Waals surface area contributed by atoms with Gasteiger partial charge in [-0.15, -0.1) is 0 Å². The first-order valence-electron chi connectivity index (χ1n) is 9.65. The molecule has 1 heterocycles. The van der Waals surface area contributed by atoms with Gasteiger partial charge in [0.2, 0.25) is 5.91 Å². The van der Waals surface area contributed by atoms with Crippen molar-refractivity contribution in [2.75, 3.05) is 7.11 Å². The monoisotopic (exact) mass is 380 g/mol. The molecule has 0 radical (unpaired) electrons. The topological polar surface area (TPSA) is 73.5 Å². The van der Waals surface area contributed by atoms with Crippen LogP contribution in [0.2, 0.25) is 0 Å². The van der Waals surface area contributed by atoms with E-state index in [1.54, 1.807) is 13.2 Å². The molecule has 0 spiro atoms. The molecule has 0 aliphatic heterocycles. The van der Waals surface area contributed by atoms with Gasteiger partial charge in [-0.2, -0.15) is 0 Å². The molecule has 2 aromatic carbocycles. The van der Waals surface area contributed by atoms with Crippen molar-refractivity contribution in [3.63, 3.8) is 0 Å². The number of aromatic nitrogens is 1. The van der Waals surface area contributed by atoms with Crippen LogP contribution in [-0.2, 0) is 16.9 Å². The van der Waals surface area contributed by atoms with Crippen LogP contribution in [0, 0.1) is 0 Å². The Morgan fingerprint density at radius 1 is 1.18 bits per heavy atom. The fourth-order valence-electron chi connectivity index (χ4n) is 4.15. The van der Waals surface area contributed by atoms with Crippen molar-refractivity contribution < 1.29 is 13.9 Å². The van der Waals surface area contributed by atoms with Crippen molar-refractivity contribution in [1.29, 1.82) is 0 Å². The number of carbonyl (C=O) groups excluding carboxylic acids is 1. The molecule has 3 aromatic rings. The first kappa shape index (κ1) is 18.3. The summed E-state index contributed by atoms with van der Waals surface area (Å²) in [5.41, 5.74) is 1.96. The number of methoxy groups -OCH3 is 1. The van der Waals surface area contributed by atoms with Crippen LogP contribution in [-0.4, -0.2) is 17.6 Å². The van der Waals surface area contributed by atoms with E-state index in [-0.39, 0.29) is 24.4 Å². The van der Waals surface area contributed by atoms with Gasteiger partial charge in [-0.25, -0.2) is 4.79 Å². The van der Waals surface area contributed by atoms with E-state index < -0.39 is 5.76 Å². The van der Waals surface area contributed by atoms with Gasteiger partial charge in [0.05, 0.1) is 18.2 Å². The Morgan fingerprint density at radius 2 is 1.96 bits per heavy atom. The number of nitrogens with one attached hydrogen (secondary N) is 1. The second-order valence-electron chi connectivity index (χ2n) is 7.31.